The van der Waals surface area contributed by atoms with Gasteiger partial charge in [0.05, 0.1) is 0 Å². The summed E-state index contributed by atoms with van der Waals surface area (Å²) in [7, 11) is 0. The fourth-order valence-corrected chi connectivity index (χ4v) is 3.20. The molecule has 22 heavy (non-hydrogen) atoms. The van der Waals surface area contributed by atoms with Crippen molar-refractivity contribution in [2.45, 2.75) is 26.7 Å². The molecule has 0 saturated carbocycles. The van der Waals surface area contributed by atoms with E-state index >= 15 is 0 Å². The number of carbonyl (C=O) groups excluding carboxylic acids is 1. The van der Waals surface area contributed by atoms with Gasteiger partial charge in [-0.1, -0.05) is 6.92 Å². The summed E-state index contributed by atoms with van der Waals surface area (Å²) in [5.41, 5.74) is 0.348. The van der Waals surface area contributed by atoms with Gasteiger partial charge in [-0.05, 0) is 25.5 Å². The Morgan fingerprint density at radius 3 is 2.95 bits per heavy atom. The van der Waals surface area contributed by atoms with E-state index in [1.54, 1.807) is 5.38 Å². The van der Waals surface area contributed by atoms with Crippen LogP contribution in [0.2, 0.25) is 0 Å². The van der Waals surface area contributed by atoms with Gasteiger partial charge in [-0.25, -0.2) is 9.97 Å². The topological polar surface area (TPSA) is 80.9 Å². The molecule has 0 aliphatic rings. The van der Waals surface area contributed by atoms with Crippen molar-refractivity contribution in [1.82, 2.24) is 14.3 Å². The standard InChI is InChI=1S/C14H14N4O2S2/c1-3-4-11-16-14(22-18-11)17-12(19)9-7-21-13(15-9)10-6-5-8(2)20-10/h5-7H,3-4H2,1-2H3,(H,16,17,18,19). The van der Waals surface area contributed by atoms with E-state index in [1.807, 2.05) is 19.1 Å². The Bertz CT molecular complexity index is 790. The molecule has 3 heterocycles. The highest BCUT2D eigenvalue weighted by Gasteiger charge is 2.15. The van der Waals surface area contributed by atoms with Crippen LogP contribution in [0.4, 0.5) is 5.13 Å². The second kappa shape index (κ2) is 6.37. The average Bonchev–Trinajstić information content (AvgIpc) is 3.19. The smallest absolute Gasteiger partial charge is 0.276 e. The lowest BCUT2D eigenvalue weighted by molar-refractivity contribution is 0.102. The molecule has 1 amide bonds. The quantitative estimate of drug-likeness (QED) is 0.768. The molecule has 0 saturated heterocycles. The number of aromatic nitrogens is 3. The van der Waals surface area contributed by atoms with Crippen LogP contribution in [0.3, 0.4) is 0 Å². The number of hydrogen-bond donors (Lipinski definition) is 1. The molecule has 0 unspecified atom stereocenters. The SMILES string of the molecule is CCCc1nsc(NC(=O)c2csc(-c3ccc(C)o3)n2)n1. The fraction of sp³-hybridized carbons (Fsp3) is 0.286. The number of aryl methyl sites for hydroxylation is 2. The van der Waals surface area contributed by atoms with E-state index in [-0.39, 0.29) is 5.91 Å². The number of hydrogen-bond acceptors (Lipinski definition) is 7. The molecule has 0 aromatic carbocycles. The van der Waals surface area contributed by atoms with Gasteiger partial charge in [0.15, 0.2) is 10.8 Å². The van der Waals surface area contributed by atoms with Crippen molar-refractivity contribution >= 4 is 33.9 Å². The van der Waals surface area contributed by atoms with Crippen molar-refractivity contribution in [1.29, 1.82) is 0 Å². The van der Waals surface area contributed by atoms with Crippen LogP contribution in [0.25, 0.3) is 10.8 Å². The number of rotatable bonds is 5. The molecule has 8 heteroatoms. The van der Waals surface area contributed by atoms with Gasteiger partial charge in [0.1, 0.15) is 17.3 Å². The van der Waals surface area contributed by atoms with E-state index < -0.39 is 0 Å². The van der Waals surface area contributed by atoms with E-state index in [2.05, 4.69) is 26.6 Å². The Kier molecular flexibility index (Phi) is 4.30. The molecule has 0 atom stereocenters. The first-order valence-corrected chi connectivity index (χ1v) is 8.47. The zero-order valence-corrected chi connectivity index (χ0v) is 13.8. The first-order valence-electron chi connectivity index (χ1n) is 6.82. The van der Waals surface area contributed by atoms with Gasteiger partial charge >= 0.3 is 0 Å². The molecule has 1 N–H and O–H groups in total. The fourth-order valence-electron chi connectivity index (χ4n) is 1.83. The Balaban J connectivity index is 1.71. The van der Waals surface area contributed by atoms with Crippen LogP contribution in [0, 0.1) is 6.92 Å². The molecule has 0 spiro atoms. The Morgan fingerprint density at radius 1 is 1.36 bits per heavy atom. The minimum Gasteiger partial charge on any atom is -0.459 e. The summed E-state index contributed by atoms with van der Waals surface area (Å²) in [6.07, 6.45) is 1.78. The molecule has 0 fully saturated rings. The zero-order chi connectivity index (χ0) is 15.5. The Hall–Kier alpha value is -2.06. The summed E-state index contributed by atoms with van der Waals surface area (Å²) in [6.45, 7) is 3.93. The molecule has 0 radical (unpaired) electrons. The van der Waals surface area contributed by atoms with Crippen LogP contribution in [0.5, 0.6) is 0 Å². The number of furan rings is 1. The van der Waals surface area contributed by atoms with Crippen molar-refractivity contribution in [3.63, 3.8) is 0 Å². The maximum Gasteiger partial charge on any atom is 0.276 e. The first kappa shape index (κ1) is 14.9. The second-order valence-corrected chi connectivity index (χ2v) is 6.28. The summed E-state index contributed by atoms with van der Waals surface area (Å²) in [6, 6.07) is 3.71. The molecule has 0 bridgehead atoms. The van der Waals surface area contributed by atoms with Crippen LogP contribution in [-0.4, -0.2) is 20.2 Å². The highest BCUT2D eigenvalue weighted by molar-refractivity contribution is 7.13. The van der Waals surface area contributed by atoms with Gasteiger partial charge in [0, 0.05) is 23.3 Å². The third-order valence-corrected chi connectivity index (χ3v) is 4.38. The van der Waals surface area contributed by atoms with Gasteiger partial charge in [-0.2, -0.15) is 4.37 Å². The molecule has 114 valence electrons. The first-order chi connectivity index (χ1) is 10.7. The van der Waals surface area contributed by atoms with E-state index in [9.17, 15) is 4.79 Å². The van der Waals surface area contributed by atoms with E-state index in [4.69, 9.17) is 4.42 Å². The monoisotopic (exact) mass is 334 g/mol. The molecule has 0 aliphatic heterocycles. The predicted molar refractivity (Wildman–Crippen MR) is 86.4 cm³/mol. The minimum atomic E-state index is -0.287. The van der Waals surface area contributed by atoms with Crippen LogP contribution < -0.4 is 5.32 Å². The largest absolute Gasteiger partial charge is 0.459 e. The minimum absolute atomic E-state index is 0.287. The highest BCUT2D eigenvalue weighted by Crippen LogP contribution is 2.26. The Labute approximate surface area is 135 Å². The third-order valence-electron chi connectivity index (χ3n) is 2.85. The summed E-state index contributed by atoms with van der Waals surface area (Å²) >= 11 is 2.55. The van der Waals surface area contributed by atoms with E-state index in [0.29, 0.717) is 21.6 Å². The molecule has 6 nitrogen and oxygen atoms in total. The molecular weight excluding hydrogens is 320 g/mol. The van der Waals surface area contributed by atoms with Gasteiger partial charge in [-0.3, -0.25) is 10.1 Å². The lowest BCUT2D eigenvalue weighted by atomic mass is 10.3. The summed E-state index contributed by atoms with van der Waals surface area (Å²) in [5, 5.41) is 5.61. The highest BCUT2D eigenvalue weighted by atomic mass is 32.1. The van der Waals surface area contributed by atoms with Gasteiger partial charge in [0.25, 0.3) is 5.91 Å². The number of nitrogens with one attached hydrogen (secondary N) is 1. The van der Waals surface area contributed by atoms with Gasteiger partial charge in [-0.15, -0.1) is 11.3 Å². The number of thiazole rings is 1. The molecule has 3 aromatic heterocycles. The van der Waals surface area contributed by atoms with Crippen LogP contribution in [0.15, 0.2) is 21.9 Å². The normalized spacial score (nSPS) is 10.8. The Morgan fingerprint density at radius 2 is 2.23 bits per heavy atom. The second-order valence-electron chi connectivity index (χ2n) is 4.67. The number of nitrogens with zero attached hydrogens (tertiary/aromatic N) is 3. The van der Waals surface area contributed by atoms with Crippen molar-refractivity contribution in [3.8, 4) is 10.8 Å². The van der Waals surface area contributed by atoms with Crippen molar-refractivity contribution < 1.29 is 9.21 Å². The number of anilines is 1. The van der Waals surface area contributed by atoms with Crippen molar-refractivity contribution in [3.05, 3.63) is 34.8 Å². The van der Waals surface area contributed by atoms with Crippen molar-refractivity contribution in [2.24, 2.45) is 0 Å². The van der Waals surface area contributed by atoms with Gasteiger partial charge in [0.2, 0.25) is 5.13 Å². The number of amides is 1. The van der Waals surface area contributed by atoms with Crippen LogP contribution in [0.1, 0.15) is 35.4 Å². The van der Waals surface area contributed by atoms with Gasteiger partial charge < -0.3 is 4.42 Å². The van der Waals surface area contributed by atoms with Crippen molar-refractivity contribution in [2.75, 3.05) is 5.32 Å². The van der Waals surface area contributed by atoms with E-state index in [1.165, 1.54) is 22.9 Å². The zero-order valence-electron chi connectivity index (χ0n) is 12.1. The molecule has 0 aliphatic carbocycles. The molecular formula is C14H14N4O2S2. The summed E-state index contributed by atoms with van der Waals surface area (Å²) in [4.78, 5) is 20.7. The molecule has 3 rings (SSSR count). The molecule has 3 aromatic rings. The maximum atomic E-state index is 12.2. The lowest BCUT2D eigenvalue weighted by Gasteiger charge is -1.96. The maximum absolute atomic E-state index is 12.2. The summed E-state index contributed by atoms with van der Waals surface area (Å²) < 4.78 is 9.70. The van der Waals surface area contributed by atoms with Crippen LogP contribution in [-0.2, 0) is 6.42 Å². The number of carbonyl (C=O) groups is 1. The van der Waals surface area contributed by atoms with Crippen LogP contribution >= 0.6 is 22.9 Å². The lowest BCUT2D eigenvalue weighted by Crippen LogP contribution is -2.12. The third kappa shape index (κ3) is 3.23. The van der Waals surface area contributed by atoms with E-state index in [0.717, 1.165) is 24.4 Å². The predicted octanol–water partition coefficient (Wildman–Crippen LogP) is 3.77. The summed E-state index contributed by atoms with van der Waals surface area (Å²) in [5.74, 6) is 1.95. The average molecular weight is 334 g/mol.